The van der Waals surface area contributed by atoms with Crippen molar-refractivity contribution in [2.24, 2.45) is 0 Å². The predicted octanol–water partition coefficient (Wildman–Crippen LogP) is 1.90. The Morgan fingerprint density at radius 2 is 2.38 bits per heavy atom. The van der Waals surface area contributed by atoms with Crippen molar-refractivity contribution in [2.75, 3.05) is 5.75 Å². The number of nitriles is 1. The second-order valence-electron chi connectivity index (χ2n) is 3.76. The van der Waals surface area contributed by atoms with Gasteiger partial charge in [-0.3, -0.25) is 4.79 Å². The standard InChI is InChI=1S/C12H12N2OS/c1-8(6-13)14-12(15)10-7-16-11-5-3-2-4-9(10)11/h2-5,8,10H,7H2,1H3,(H,14,15). The summed E-state index contributed by atoms with van der Waals surface area (Å²) >= 11 is 1.70. The number of benzene rings is 1. The molecule has 0 fully saturated rings. The maximum atomic E-state index is 11.9. The van der Waals surface area contributed by atoms with Gasteiger partial charge in [-0.1, -0.05) is 18.2 Å². The van der Waals surface area contributed by atoms with Gasteiger partial charge in [-0.05, 0) is 18.6 Å². The molecule has 1 aliphatic heterocycles. The highest BCUT2D eigenvalue weighted by atomic mass is 32.2. The Hall–Kier alpha value is -1.47. The first-order valence-electron chi connectivity index (χ1n) is 5.14. The molecule has 1 aromatic rings. The molecule has 4 heteroatoms. The highest BCUT2D eigenvalue weighted by Crippen LogP contribution is 2.39. The lowest BCUT2D eigenvalue weighted by molar-refractivity contribution is -0.122. The maximum absolute atomic E-state index is 11.9. The van der Waals surface area contributed by atoms with Crippen LogP contribution in [-0.2, 0) is 4.79 Å². The average Bonchev–Trinajstić information content (AvgIpc) is 2.72. The van der Waals surface area contributed by atoms with Crippen LogP contribution in [0.2, 0.25) is 0 Å². The maximum Gasteiger partial charge on any atom is 0.229 e. The van der Waals surface area contributed by atoms with Gasteiger partial charge in [0.1, 0.15) is 6.04 Å². The molecular weight excluding hydrogens is 220 g/mol. The minimum absolute atomic E-state index is 0.0495. The van der Waals surface area contributed by atoms with Crippen LogP contribution >= 0.6 is 11.8 Å². The molecule has 0 spiro atoms. The van der Waals surface area contributed by atoms with Crippen LogP contribution in [0.1, 0.15) is 18.4 Å². The van der Waals surface area contributed by atoms with Crippen LogP contribution < -0.4 is 5.32 Å². The van der Waals surface area contributed by atoms with Crippen LogP contribution in [0.3, 0.4) is 0 Å². The van der Waals surface area contributed by atoms with Gasteiger partial charge in [0.05, 0.1) is 12.0 Å². The number of hydrogen-bond acceptors (Lipinski definition) is 3. The van der Waals surface area contributed by atoms with Crippen LogP contribution in [0.4, 0.5) is 0 Å². The van der Waals surface area contributed by atoms with Crippen molar-refractivity contribution in [1.29, 1.82) is 5.26 Å². The zero-order chi connectivity index (χ0) is 11.5. The van der Waals surface area contributed by atoms with Crippen LogP contribution in [0.15, 0.2) is 29.2 Å². The van der Waals surface area contributed by atoms with Crippen molar-refractivity contribution in [3.05, 3.63) is 29.8 Å². The summed E-state index contributed by atoms with van der Waals surface area (Å²) in [6, 6.07) is 9.51. The monoisotopic (exact) mass is 232 g/mol. The molecule has 0 aliphatic carbocycles. The lowest BCUT2D eigenvalue weighted by Crippen LogP contribution is -2.35. The molecule has 82 valence electrons. The third-order valence-electron chi connectivity index (χ3n) is 2.57. The van der Waals surface area contributed by atoms with E-state index in [0.29, 0.717) is 0 Å². The van der Waals surface area contributed by atoms with Crippen LogP contribution in [0, 0.1) is 11.3 Å². The van der Waals surface area contributed by atoms with E-state index in [1.54, 1.807) is 18.7 Å². The predicted molar refractivity (Wildman–Crippen MR) is 63.1 cm³/mol. The van der Waals surface area contributed by atoms with Crippen LogP contribution in [0.5, 0.6) is 0 Å². The van der Waals surface area contributed by atoms with Gasteiger partial charge in [-0.15, -0.1) is 11.8 Å². The Kier molecular flexibility index (Phi) is 3.16. The van der Waals surface area contributed by atoms with E-state index in [1.165, 1.54) is 4.90 Å². The van der Waals surface area contributed by atoms with E-state index in [1.807, 2.05) is 30.3 Å². The van der Waals surface area contributed by atoms with Gasteiger partial charge in [0.2, 0.25) is 5.91 Å². The van der Waals surface area contributed by atoms with E-state index in [4.69, 9.17) is 5.26 Å². The topological polar surface area (TPSA) is 52.9 Å². The molecule has 0 aromatic heterocycles. The molecule has 3 nitrogen and oxygen atoms in total. The van der Waals surface area contributed by atoms with Crippen molar-refractivity contribution in [3.63, 3.8) is 0 Å². The number of carbonyl (C=O) groups excluding carboxylic acids is 1. The SMILES string of the molecule is CC(C#N)NC(=O)C1CSc2ccccc21. The minimum Gasteiger partial charge on any atom is -0.340 e. The Balaban J connectivity index is 2.14. The van der Waals surface area contributed by atoms with Crippen molar-refractivity contribution in [3.8, 4) is 6.07 Å². The molecule has 1 amide bonds. The molecule has 1 aliphatic rings. The number of rotatable bonds is 2. The normalized spacial score (nSPS) is 19.6. The Labute approximate surface area is 98.8 Å². The van der Waals surface area contributed by atoms with E-state index < -0.39 is 6.04 Å². The fourth-order valence-electron chi connectivity index (χ4n) is 1.73. The van der Waals surface area contributed by atoms with Gasteiger partial charge in [-0.25, -0.2) is 0 Å². The van der Waals surface area contributed by atoms with Crippen molar-refractivity contribution in [1.82, 2.24) is 5.32 Å². The largest absolute Gasteiger partial charge is 0.340 e. The fraction of sp³-hybridized carbons (Fsp3) is 0.333. The smallest absolute Gasteiger partial charge is 0.229 e. The zero-order valence-electron chi connectivity index (χ0n) is 8.93. The van der Waals surface area contributed by atoms with Crippen LogP contribution in [0.25, 0.3) is 0 Å². The van der Waals surface area contributed by atoms with Gasteiger partial charge < -0.3 is 5.32 Å². The molecule has 0 saturated carbocycles. The molecule has 0 bridgehead atoms. The molecule has 0 radical (unpaired) electrons. The van der Waals surface area contributed by atoms with E-state index in [0.717, 1.165) is 11.3 Å². The van der Waals surface area contributed by atoms with E-state index in [2.05, 4.69) is 5.32 Å². The fourth-order valence-corrected chi connectivity index (χ4v) is 2.95. The Morgan fingerprint density at radius 1 is 1.62 bits per heavy atom. The Morgan fingerprint density at radius 3 is 3.12 bits per heavy atom. The van der Waals surface area contributed by atoms with Gasteiger partial charge in [0.25, 0.3) is 0 Å². The highest BCUT2D eigenvalue weighted by molar-refractivity contribution is 7.99. The molecule has 2 rings (SSSR count). The summed E-state index contributed by atoms with van der Waals surface area (Å²) in [5.74, 6) is 0.604. The number of amides is 1. The first-order valence-corrected chi connectivity index (χ1v) is 6.12. The molecule has 16 heavy (non-hydrogen) atoms. The minimum atomic E-state index is -0.426. The lowest BCUT2D eigenvalue weighted by Gasteiger charge is -2.12. The van der Waals surface area contributed by atoms with Gasteiger partial charge >= 0.3 is 0 Å². The number of nitrogens with one attached hydrogen (secondary N) is 1. The van der Waals surface area contributed by atoms with E-state index >= 15 is 0 Å². The molecule has 1 aromatic carbocycles. The highest BCUT2D eigenvalue weighted by Gasteiger charge is 2.29. The van der Waals surface area contributed by atoms with E-state index in [-0.39, 0.29) is 11.8 Å². The quantitative estimate of drug-likeness (QED) is 0.847. The third-order valence-corrected chi connectivity index (χ3v) is 3.75. The van der Waals surface area contributed by atoms with Crippen LogP contribution in [-0.4, -0.2) is 17.7 Å². The van der Waals surface area contributed by atoms with Gasteiger partial charge in [0.15, 0.2) is 0 Å². The van der Waals surface area contributed by atoms with Crippen molar-refractivity contribution in [2.45, 2.75) is 23.8 Å². The van der Waals surface area contributed by atoms with Gasteiger partial charge in [-0.2, -0.15) is 5.26 Å². The van der Waals surface area contributed by atoms with Crippen molar-refractivity contribution < 1.29 is 4.79 Å². The summed E-state index contributed by atoms with van der Waals surface area (Å²) < 4.78 is 0. The number of thioether (sulfide) groups is 1. The summed E-state index contributed by atoms with van der Waals surface area (Å²) in [7, 11) is 0. The Bertz CT molecular complexity index is 453. The van der Waals surface area contributed by atoms with Gasteiger partial charge in [0, 0.05) is 10.6 Å². The second kappa shape index (κ2) is 4.58. The first kappa shape index (κ1) is 11.0. The number of fused-ring (bicyclic) bond motifs is 1. The third kappa shape index (κ3) is 2.05. The first-order chi connectivity index (χ1) is 7.72. The second-order valence-corrected chi connectivity index (χ2v) is 4.82. The molecule has 1 heterocycles. The summed E-state index contributed by atoms with van der Waals surface area (Å²) in [5, 5.41) is 11.4. The van der Waals surface area contributed by atoms with Crippen molar-refractivity contribution >= 4 is 17.7 Å². The molecular formula is C12H12N2OS. The summed E-state index contributed by atoms with van der Waals surface area (Å²) in [6.07, 6.45) is 0. The molecule has 2 atom stereocenters. The summed E-state index contributed by atoms with van der Waals surface area (Å²) in [6.45, 7) is 1.69. The summed E-state index contributed by atoms with van der Waals surface area (Å²) in [4.78, 5) is 13.1. The zero-order valence-corrected chi connectivity index (χ0v) is 9.75. The average molecular weight is 232 g/mol. The number of hydrogen-bond donors (Lipinski definition) is 1. The number of nitrogens with zero attached hydrogens (tertiary/aromatic N) is 1. The summed E-state index contributed by atoms with van der Waals surface area (Å²) in [5.41, 5.74) is 1.08. The lowest BCUT2D eigenvalue weighted by atomic mass is 10.0. The van der Waals surface area contributed by atoms with E-state index in [9.17, 15) is 4.79 Å². The molecule has 2 unspecified atom stereocenters. The molecule has 0 saturated heterocycles. The molecule has 1 N–H and O–H groups in total. The number of carbonyl (C=O) groups is 1.